The van der Waals surface area contributed by atoms with Crippen molar-refractivity contribution < 1.29 is 9.53 Å². The number of carbonyl (C=O) groups excluding carboxylic acids is 1. The van der Waals surface area contributed by atoms with E-state index in [1.165, 1.54) is 43.4 Å². The normalized spacial score (nSPS) is 15.2. The Morgan fingerprint density at radius 2 is 1.88 bits per heavy atom. The molecule has 1 fully saturated rings. The molecule has 1 N–H and O–H groups in total. The first-order chi connectivity index (χ1) is 12.0. The second-order valence-corrected chi connectivity index (χ2v) is 7.78. The van der Waals surface area contributed by atoms with E-state index in [0.717, 1.165) is 27.4 Å². The highest BCUT2D eigenvalue weighted by molar-refractivity contribution is 7.15. The van der Waals surface area contributed by atoms with Crippen molar-refractivity contribution in [1.82, 2.24) is 10.2 Å². The van der Waals surface area contributed by atoms with Gasteiger partial charge in [0.1, 0.15) is 10.8 Å². The molecule has 1 saturated carbocycles. The Bertz CT molecular complexity index is 751. The number of aryl methyl sites for hydroxylation is 2. The van der Waals surface area contributed by atoms with Crippen LogP contribution in [0.2, 0.25) is 0 Å². The zero-order valence-corrected chi connectivity index (χ0v) is 15.9. The highest BCUT2D eigenvalue weighted by Gasteiger charge is 2.20. The van der Waals surface area contributed by atoms with Gasteiger partial charge in [0.25, 0.3) is 5.91 Å². The topological polar surface area (TPSA) is 64.1 Å². The molecule has 0 bridgehead atoms. The first-order valence-corrected chi connectivity index (χ1v) is 9.69. The molecule has 0 spiro atoms. The minimum absolute atomic E-state index is 0.0243. The van der Waals surface area contributed by atoms with Gasteiger partial charge in [0.05, 0.1) is 0 Å². The van der Waals surface area contributed by atoms with Crippen molar-refractivity contribution in [3.05, 3.63) is 33.8 Å². The number of aromatic nitrogens is 2. The van der Waals surface area contributed by atoms with Crippen LogP contribution in [0.5, 0.6) is 5.75 Å². The summed E-state index contributed by atoms with van der Waals surface area (Å²) in [7, 11) is 0. The van der Waals surface area contributed by atoms with Gasteiger partial charge in [0.15, 0.2) is 6.61 Å². The minimum atomic E-state index is -0.202. The predicted octanol–water partition coefficient (Wildman–Crippen LogP) is 4.53. The average Bonchev–Trinajstić information content (AvgIpc) is 3.07. The molecule has 1 aliphatic rings. The lowest BCUT2D eigenvalue weighted by atomic mass is 9.90. The number of nitrogens with zero attached hydrogens (tertiary/aromatic N) is 2. The molecule has 0 aliphatic heterocycles. The molecule has 3 rings (SSSR count). The first-order valence-electron chi connectivity index (χ1n) is 8.87. The predicted molar refractivity (Wildman–Crippen MR) is 101 cm³/mol. The molecule has 0 atom stereocenters. The molecule has 1 heterocycles. The van der Waals surface area contributed by atoms with Gasteiger partial charge in [-0.1, -0.05) is 42.7 Å². The van der Waals surface area contributed by atoms with Gasteiger partial charge in [-0.25, -0.2) is 0 Å². The Morgan fingerprint density at radius 3 is 2.64 bits per heavy atom. The van der Waals surface area contributed by atoms with Gasteiger partial charge >= 0.3 is 0 Å². The SMILES string of the molecule is Cc1ccc(C)c(OCC(=O)Nc2nnc(C3CCCCC3)s2)c1C. The monoisotopic (exact) mass is 359 g/mol. The summed E-state index contributed by atoms with van der Waals surface area (Å²) >= 11 is 1.49. The van der Waals surface area contributed by atoms with E-state index in [-0.39, 0.29) is 12.5 Å². The van der Waals surface area contributed by atoms with E-state index in [0.29, 0.717) is 11.0 Å². The van der Waals surface area contributed by atoms with Crippen molar-refractivity contribution in [1.29, 1.82) is 0 Å². The first kappa shape index (κ1) is 17.9. The van der Waals surface area contributed by atoms with E-state index in [9.17, 15) is 4.79 Å². The smallest absolute Gasteiger partial charge is 0.264 e. The molecule has 1 aromatic carbocycles. The van der Waals surface area contributed by atoms with Gasteiger partial charge in [-0.05, 0) is 50.3 Å². The fourth-order valence-corrected chi connectivity index (χ4v) is 4.17. The van der Waals surface area contributed by atoms with Gasteiger partial charge < -0.3 is 4.74 Å². The summed E-state index contributed by atoms with van der Waals surface area (Å²) in [6.07, 6.45) is 6.19. The van der Waals surface area contributed by atoms with Crippen LogP contribution in [0.15, 0.2) is 12.1 Å². The molecule has 25 heavy (non-hydrogen) atoms. The number of rotatable bonds is 5. The average molecular weight is 359 g/mol. The van der Waals surface area contributed by atoms with E-state index >= 15 is 0 Å². The maximum Gasteiger partial charge on any atom is 0.264 e. The molecule has 134 valence electrons. The summed E-state index contributed by atoms with van der Waals surface area (Å²) in [5.74, 6) is 1.09. The van der Waals surface area contributed by atoms with Gasteiger partial charge in [0, 0.05) is 5.92 Å². The Hall–Kier alpha value is -1.95. The number of ether oxygens (including phenoxy) is 1. The zero-order chi connectivity index (χ0) is 17.8. The number of amides is 1. The van der Waals surface area contributed by atoms with Crippen molar-refractivity contribution in [3.63, 3.8) is 0 Å². The maximum absolute atomic E-state index is 12.2. The van der Waals surface area contributed by atoms with Crippen molar-refractivity contribution in [2.24, 2.45) is 0 Å². The van der Waals surface area contributed by atoms with Crippen LogP contribution in [0.25, 0.3) is 0 Å². The fourth-order valence-electron chi connectivity index (χ4n) is 3.24. The van der Waals surface area contributed by atoms with Crippen LogP contribution in [0, 0.1) is 20.8 Å². The maximum atomic E-state index is 12.2. The minimum Gasteiger partial charge on any atom is -0.483 e. The number of hydrogen-bond acceptors (Lipinski definition) is 5. The van der Waals surface area contributed by atoms with Gasteiger partial charge in [0.2, 0.25) is 5.13 Å². The van der Waals surface area contributed by atoms with Crippen LogP contribution < -0.4 is 10.1 Å². The molecule has 0 radical (unpaired) electrons. The third-order valence-corrected chi connectivity index (χ3v) is 5.86. The van der Waals surface area contributed by atoms with Gasteiger partial charge in [-0.2, -0.15) is 0 Å². The van der Waals surface area contributed by atoms with Crippen LogP contribution in [0.1, 0.15) is 59.7 Å². The molecule has 0 unspecified atom stereocenters. The lowest BCUT2D eigenvalue weighted by Crippen LogP contribution is -2.20. The van der Waals surface area contributed by atoms with Crippen LogP contribution in [-0.2, 0) is 4.79 Å². The number of nitrogens with one attached hydrogen (secondary N) is 1. The second-order valence-electron chi connectivity index (χ2n) is 6.77. The molecule has 0 saturated heterocycles. The second kappa shape index (κ2) is 7.95. The Labute approximate surface area is 152 Å². The fraction of sp³-hybridized carbons (Fsp3) is 0.526. The Kier molecular flexibility index (Phi) is 5.68. The Morgan fingerprint density at radius 1 is 1.16 bits per heavy atom. The third-order valence-electron chi connectivity index (χ3n) is 4.86. The Balaban J connectivity index is 1.56. The summed E-state index contributed by atoms with van der Waals surface area (Å²) in [5.41, 5.74) is 3.26. The summed E-state index contributed by atoms with van der Waals surface area (Å²) < 4.78 is 5.75. The standard InChI is InChI=1S/C19H25N3O2S/c1-12-9-10-13(2)17(14(12)3)24-11-16(23)20-19-22-21-18(25-19)15-7-5-4-6-8-15/h9-10,15H,4-8,11H2,1-3H3,(H,20,22,23). The summed E-state index contributed by atoms with van der Waals surface area (Å²) in [4.78, 5) is 12.2. The van der Waals surface area contributed by atoms with Crippen LogP contribution in [0.3, 0.4) is 0 Å². The van der Waals surface area contributed by atoms with E-state index in [2.05, 4.69) is 21.6 Å². The van der Waals surface area contributed by atoms with Crippen LogP contribution in [-0.4, -0.2) is 22.7 Å². The molecular weight excluding hydrogens is 334 g/mol. The highest BCUT2D eigenvalue weighted by atomic mass is 32.1. The number of anilines is 1. The molecule has 2 aromatic rings. The third kappa shape index (κ3) is 4.37. The molecule has 1 aliphatic carbocycles. The van der Waals surface area contributed by atoms with E-state index in [1.54, 1.807) is 0 Å². The number of carbonyl (C=O) groups is 1. The quantitative estimate of drug-likeness (QED) is 0.852. The lowest BCUT2D eigenvalue weighted by Gasteiger charge is -2.18. The zero-order valence-electron chi connectivity index (χ0n) is 15.1. The van der Waals surface area contributed by atoms with Crippen LogP contribution >= 0.6 is 11.3 Å². The summed E-state index contributed by atoms with van der Waals surface area (Å²) in [6.45, 7) is 6.01. The van der Waals surface area contributed by atoms with Crippen molar-refractivity contribution in [2.45, 2.75) is 58.8 Å². The lowest BCUT2D eigenvalue weighted by molar-refractivity contribution is -0.118. The number of hydrogen-bond donors (Lipinski definition) is 1. The molecule has 1 amide bonds. The van der Waals surface area contributed by atoms with Gasteiger partial charge in [-0.15, -0.1) is 10.2 Å². The molecular formula is C19H25N3O2S. The van der Waals surface area contributed by atoms with E-state index in [1.807, 2.05) is 26.8 Å². The van der Waals surface area contributed by atoms with Crippen molar-refractivity contribution >= 4 is 22.4 Å². The van der Waals surface area contributed by atoms with Crippen molar-refractivity contribution in [2.75, 3.05) is 11.9 Å². The van der Waals surface area contributed by atoms with Gasteiger partial charge in [-0.3, -0.25) is 10.1 Å². The molecule has 1 aromatic heterocycles. The number of benzene rings is 1. The largest absolute Gasteiger partial charge is 0.483 e. The molecule has 5 nitrogen and oxygen atoms in total. The summed E-state index contributed by atoms with van der Waals surface area (Å²) in [6, 6.07) is 4.07. The highest BCUT2D eigenvalue weighted by Crippen LogP contribution is 2.35. The van der Waals surface area contributed by atoms with Crippen LogP contribution in [0.4, 0.5) is 5.13 Å². The van der Waals surface area contributed by atoms with E-state index < -0.39 is 0 Å². The van der Waals surface area contributed by atoms with Crippen molar-refractivity contribution in [3.8, 4) is 5.75 Å². The van der Waals surface area contributed by atoms with E-state index in [4.69, 9.17) is 4.74 Å². The molecule has 6 heteroatoms. The summed E-state index contributed by atoms with van der Waals surface area (Å²) in [5, 5.41) is 12.8.